The maximum Gasteiger partial charge on any atom is 0.270 e. The van der Waals surface area contributed by atoms with E-state index in [0.29, 0.717) is 0 Å². The number of aliphatic hydroxyl groups is 1. The second-order valence-electron chi connectivity index (χ2n) is 4.82. The lowest BCUT2D eigenvalue weighted by Gasteiger charge is -2.10. The molecule has 0 aliphatic heterocycles. The molecule has 2 aromatic rings. The fourth-order valence-electron chi connectivity index (χ4n) is 1.83. The molecule has 0 radical (unpaired) electrons. The second kappa shape index (κ2) is 6.19. The summed E-state index contributed by atoms with van der Waals surface area (Å²) in [6, 6.07) is 6.65. The SMILES string of the molecule is Cc1cc(SCC(C)CO)c2cc([N+](=O)[O-])ccc2n1. The monoisotopic (exact) mass is 292 g/mol. The zero-order valence-corrected chi connectivity index (χ0v) is 12.2. The third kappa shape index (κ3) is 3.26. The number of rotatable bonds is 5. The van der Waals surface area contributed by atoms with Crippen molar-refractivity contribution in [2.24, 2.45) is 5.92 Å². The summed E-state index contributed by atoms with van der Waals surface area (Å²) in [6.45, 7) is 4.00. The Morgan fingerprint density at radius 1 is 1.45 bits per heavy atom. The molecule has 0 amide bonds. The minimum atomic E-state index is -0.399. The molecule has 5 nitrogen and oxygen atoms in total. The number of aryl methyl sites for hydroxylation is 1. The van der Waals surface area contributed by atoms with E-state index < -0.39 is 4.92 Å². The Balaban J connectivity index is 2.44. The predicted octanol–water partition coefficient (Wildman–Crippen LogP) is 3.17. The first-order chi connectivity index (χ1) is 9.51. The van der Waals surface area contributed by atoms with E-state index in [9.17, 15) is 10.1 Å². The average molecular weight is 292 g/mol. The van der Waals surface area contributed by atoms with Gasteiger partial charge in [-0.05, 0) is 25.0 Å². The minimum Gasteiger partial charge on any atom is -0.396 e. The fourth-order valence-corrected chi connectivity index (χ4v) is 2.97. The van der Waals surface area contributed by atoms with Crippen LogP contribution < -0.4 is 0 Å². The molecule has 0 aliphatic rings. The molecule has 0 spiro atoms. The molecule has 20 heavy (non-hydrogen) atoms. The van der Waals surface area contributed by atoms with Crippen molar-refractivity contribution in [3.05, 3.63) is 40.1 Å². The molecule has 1 N–H and O–H groups in total. The summed E-state index contributed by atoms with van der Waals surface area (Å²) in [6.07, 6.45) is 0. The first kappa shape index (κ1) is 14.7. The number of fused-ring (bicyclic) bond motifs is 1. The van der Waals surface area contributed by atoms with Gasteiger partial charge in [0.2, 0.25) is 0 Å². The number of nitro groups is 1. The summed E-state index contributed by atoms with van der Waals surface area (Å²) in [4.78, 5) is 15.8. The highest BCUT2D eigenvalue weighted by atomic mass is 32.2. The Labute approximate surface area is 121 Å². The average Bonchev–Trinajstić information content (AvgIpc) is 2.43. The normalized spacial score (nSPS) is 12.6. The van der Waals surface area contributed by atoms with Gasteiger partial charge in [-0.25, -0.2) is 0 Å². The van der Waals surface area contributed by atoms with Crippen molar-refractivity contribution >= 4 is 28.4 Å². The van der Waals surface area contributed by atoms with E-state index in [1.165, 1.54) is 6.07 Å². The predicted molar refractivity (Wildman–Crippen MR) is 80.1 cm³/mol. The van der Waals surface area contributed by atoms with Crippen LogP contribution in [0.3, 0.4) is 0 Å². The highest BCUT2D eigenvalue weighted by Gasteiger charge is 2.12. The summed E-state index contributed by atoms with van der Waals surface area (Å²) in [5.74, 6) is 0.944. The van der Waals surface area contributed by atoms with Crippen LogP contribution in [0.15, 0.2) is 29.2 Å². The highest BCUT2D eigenvalue weighted by molar-refractivity contribution is 7.99. The number of non-ortho nitro benzene ring substituents is 1. The number of hydrogen-bond acceptors (Lipinski definition) is 5. The van der Waals surface area contributed by atoms with Crippen LogP contribution in [0.2, 0.25) is 0 Å². The van der Waals surface area contributed by atoms with Gasteiger partial charge in [-0.15, -0.1) is 11.8 Å². The van der Waals surface area contributed by atoms with Gasteiger partial charge < -0.3 is 5.11 Å². The minimum absolute atomic E-state index is 0.0696. The number of pyridine rings is 1. The lowest BCUT2D eigenvalue weighted by Crippen LogP contribution is -2.03. The zero-order valence-electron chi connectivity index (χ0n) is 11.4. The van der Waals surface area contributed by atoms with Gasteiger partial charge in [0.25, 0.3) is 5.69 Å². The largest absolute Gasteiger partial charge is 0.396 e. The summed E-state index contributed by atoms with van der Waals surface area (Å²) in [5.41, 5.74) is 1.71. The molecule has 0 saturated heterocycles. The van der Waals surface area contributed by atoms with E-state index in [4.69, 9.17) is 5.11 Å². The number of hydrogen-bond donors (Lipinski definition) is 1. The van der Waals surface area contributed by atoms with Gasteiger partial charge >= 0.3 is 0 Å². The number of thioether (sulfide) groups is 1. The lowest BCUT2D eigenvalue weighted by atomic mass is 10.2. The standard InChI is InChI=1S/C14H16N2O3S/c1-9(7-17)8-20-14-5-10(2)15-13-4-3-11(16(18)19)6-12(13)14/h3-6,9,17H,7-8H2,1-2H3. The summed E-state index contributed by atoms with van der Waals surface area (Å²) in [7, 11) is 0. The highest BCUT2D eigenvalue weighted by Crippen LogP contribution is 2.31. The maximum atomic E-state index is 10.9. The van der Waals surface area contributed by atoms with Gasteiger partial charge in [0, 0.05) is 40.5 Å². The smallest absolute Gasteiger partial charge is 0.270 e. The van der Waals surface area contributed by atoms with E-state index in [1.54, 1.807) is 23.9 Å². The van der Waals surface area contributed by atoms with E-state index in [0.717, 1.165) is 27.2 Å². The summed E-state index contributed by atoms with van der Waals surface area (Å²) in [5, 5.41) is 20.8. The molecule has 0 bridgehead atoms. The summed E-state index contributed by atoms with van der Waals surface area (Å²) < 4.78 is 0. The van der Waals surface area contributed by atoms with E-state index >= 15 is 0 Å². The van der Waals surface area contributed by atoms with Gasteiger partial charge in [0.1, 0.15) is 0 Å². The molecular weight excluding hydrogens is 276 g/mol. The molecule has 0 fully saturated rings. The molecule has 1 unspecified atom stereocenters. The van der Waals surface area contributed by atoms with Crippen molar-refractivity contribution in [2.75, 3.05) is 12.4 Å². The third-order valence-corrected chi connectivity index (χ3v) is 4.31. The number of benzene rings is 1. The molecule has 1 heterocycles. The lowest BCUT2D eigenvalue weighted by molar-refractivity contribution is -0.384. The molecule has 106 valence electrons. The molecule has 1 atom stereocenters. The van der Waals surface area contributed by atoms with Crippen LogP contribution >= 0.6 is 11.8 Å². The van der Waals surface area contributed by atoms with Gasteiger partial charge in [-0.2, -0.15) is 0 Å². The van der Waals surface area contributed by atoms with Crippen LogP contribution in [0, 0.1) is 23.0 Å². The Bertz CT molecular complexity index is 646. The van der Waals surface area contributed by atoms with Crippen LogP contribution in [-0.2, 0) is 0 Å². The van der Waals surface area contributed by atoms with E-state index in [1.807, 2.05) is 19.9 Å². The van der Waals surface area contributed by atoms with Crippen molar-refractivity contribution < 1.29 is 10.0 Å². The molecular formula is C14H16N2O3S. The van der Waals surface area contributed by atoms with Crippen molar-refractivity contribution in [3.8, 4) is 0 Å². The van der Waals surface area contributed by atoms with Gasteiger partial charge in [0.05, 0.1) is 10.4 Å². The fraction of sp³-hybridized carbons (Fsp3) is 0.357. The zero-order chi connectivity index (χ0) is 14.7. The number of nitrogens with zero attached hydrogens (tertiary/aromatic N) is 2. The van der Waals surface area contributed by atoms with Gasteiger partial charge in [0.15, 0.2) is 0 Å². The topological polar surface area (TPSA) is 76.3 Å². The van der Waals surface area contributed by atoms with E-state index in [-0.39, 0.29) is 18.2 Å². The van der Waals surface area contributed by atoms with Crippen molar-refractivity contribution in [3.63, 3.8) is 0 Å². The van der Waals surface area contributed by atoms with Crippen LogP contribution in [0.1, 0.15) is 12.6 Å². The Morgan fingerprint density at radius 3 is 2.85 bits per heavy atom. The van der Waals surface area contributed by atoms with Gasteiger partial charge in [-0.1, -0.05) is 6.92 Å². The third-order valence-electron chi connectivity index (χ3n) is 2.93. The number of nitro benzene ring substituents is 1. The quantitative estimate of drug-likeness (QED) is 0.520. The molecule has 2 rings (SSSR count). The molecule has 1 aromatic heterocycles. The molecule has 0 saturated carbocycles. The van der Waals surface area contributed by atoms with Crippen molar-refractivity contribution in [1.82, 2.24) is 4.98 Å². The number of aromatic nitrogens is 1. The maximum absolute atomic E-state index is 10.9. The van der Waals surface area contributed by atoms with Crippen LogP contribution in [-0.4, -0.2) is 27.4 Å². The van der Waals surface area contributed by atoms with Crippen LogP contribution in [0.25, 0.3) is 10.9 Å². The second-order valence-corrected chi connectivity index (χ2v) is 5.88. The first-order valence-corrected chi connectivity index (χ1v) is 7.29. The Kier molecular flexibility index (Phi) is 4.57. The van der Waals surface area contributed by atoms with Gasteiger partial charge in [-0.3, -0.25) is 15.1 Å². The first-order valence-electron chi connectivity index (χ1n) is 6.30. The number of aliphatic hydroxyl groups excluding tert-OH is 1. The Hall–Kier alpha value is -1.66. The van der Waals surface area contributed by atoms with Crippen LogP contribution in [0.5, 0.6) is 0 Å². The van der Waals surface area contributed by atoms with E-state index in [2.05, 4.69) is 4.98 Å². The molecule has 6 heteroatoms. The molecule has 1 aromatic carbocycles. The van der Waals surface area contributed by atoms with Crippen molar-refractivity contribution in [2.45, 2.75) is 18.7 Å². The summed E-state index contributed by atoms with van der Waals surface area (Å²) >= 11 is 1.59. The van der Waals surface area contributed by atoms with Crippen molar-refractivity contribution in [1.29, 1.82) is 0 Å². The Morgan fingerprint density at radius 2 is 2.20 bits per heavy atom. The van der Waals surface area contributed by atoms with Crippen LogP contribution in [0.4, 0.5) is 5.69 Å². The molecule has 0 aliphatic carbocycles.